The van der Waals surface area contributed by atoms with E-state index in [1.165, 1.54) is 0 Å². The van der Waals surface area contributed by atoms with Crippen LogP contribution in [0.2, 0.25) is 0 Å². The predicted molar refractivity (Wildman–Crippen MR) is 59.2 cm³/mol. The second-order valence-corrected chi connectivity index (χ2v) is 4.85. The second-order valence-electron chi connectivity index (χ2n) is 3.55. The van der Waals surface area contributed by atoms with Crippen molar-refractivity contribution in [1.29, 1.82) is 0 Å². The molecule has 0 unspecified atom stereocenters. The minimum Gasteiger partial charge on any atom is -0.461 e. The van der Waals surface area contributed by atoms with E-state index < -0.39 is 0 Å². The molecule has 15 heavy (non-hydrogen) atoms. The number of alkyl halides is 1. The lowest BCUT2D eigenvalue weighted by Gasteiger charge is -2.17. The molecule has 1 aliphatic rings. The van der Waals surface area contributed by atoms with E-state index in [9.17, 15) is 4.79 Å². The van der Waals surface area contributed by atoms with Crippen LogP contribution >= 0.6 is 15.9 Å². The maximum Gasteiger partial charge on any atom is 0.358 e. The van der Waals surface area contributed by atoms with Crippen molar-refractivity contribution in [2.24, 2.45) is 0 Å². The van der Waals surface area contributed by atoms with Crippen molar-refractivity contribution in [3.63, 3.8) is 0 Å². The normalized spacial score (nSPS) is 19.7. The van der Waals surface area contributed by atoms with Gasteiger partial charge in [0.05, 0.1) is 6.61 Å². The number of rotatable bonds is 2. The Morgan fingerprint density at radius 2 is 2.60 bits per heavy atom. The van der Waals surface area contributed by atoms with Gasteiger partial charge < -0.3 is 9.30 Å². The van der Waals surface area contributed by atoms with Gasteiger partial charge in [0.1, 0.15) is 5.82 Å². The molecule has 0 radical (unpaired) electrons. The number of imidazole rings is 1. The maximum absolute atomic E-state index is 11.4. The summed E-state index contributed by atoms with van der Waals surface area (Å²) in [5.74, 6) is 0.652. The number of esters is 1. The van der Waals surface area contributed by atoms with Gasteiger partial charge in [0.25, 0.3) is 0 Å². The molecule has 82 valence electrons. The van der Waals surface area contributed by atoms with Crippen LogP contribution in [0.1, 0.15) is 29.7 Å². The quantitative estimate of drug-likeness (QED) is 0.609. The van der Waals surface area contributed by atoms with Crippen LogP contribution in [-0.4, -0.2) is 27.0 Å². The number of aryl methyl sites for hydroxylation is 1. The van der Waals surface area contributed by atoms with Gasteiger partial charge in [-0.15, -0.1) is 0 Å². The molecule has 1 aromatic rings. The van der Waals surface area contributed by atoms with Crippen LogP contribution in [0.4, 0.5) is 0 Å². The monoisotopic (exact) mass is 272 g/mol. The fraction of sp³-hybridized carbons (Fsp3) is 0.600. The zero-order chi connectivity index (χ0) is 10.8. The molecule has 0 spiro atoms. The van der Waals surface area contributed by atoms with E-state index in [0.717, 1.165) is 25.2 Å². The third kappa shape index (κ3) is 2.22. The number of nitrogens with zero attached hydrogens (tertiary/aromatic N) is 2. The van der Waals surface area contributed by atoms with Crippen molar-refractivity contribution in [2.75, 3.05) is 6.61 Å². The van der Waals surface area contributed by atoms with Crippen LogP contribution in [-0.2, 0) is 17.7 Å². The number of halogens is 1. The van der Waals surface area contributed by atoms with E-state index in [0.29, 0.717) is 17.1 Å². The summed E-state index contributed by atoms with van der Waals surface area (Å²) in [6, 6.07) is 0. The molecule has 2 rings (SSSR count). The van der Waals surface area contributed by atoms with Crippen LogP contribution in [0.25, 0.3) is 0 Å². The minimum absolute atomic E-state index is 0.328. The number of carbonyl (C=O) groups is 1. The number of aromatic nitrogens is 2. The zero-order valence-corrected chi connectivity index (χ0v) is 10.2. The molecule has 1 aromatic heterocycles. The van der Waals surface area contributed by atoms with Crippen LogP contribution in [0.3, 0.4) is 0 Å². The first-order chi connectivity index (χ1) is 7.20. The lowest BCUT2D eigenvalue weighted by Crippen LogP contribution is -2.19. The molecule has 1 aliphatic heterocycles. The summed E-state index contributed by atoms with van der Waals surface area (Å²) in [6.07, 6.45) is 3.76. The average molecular weight is 273 g/mol. The Kier molecular flexibility index (Phi) is 3.09. The van der Waals surface area contributed by atoms with Gasteiger partial charge in [0.15, 0.2) is 5.69 Å². The molecule has 0 bridgehead atoms. The van der Waals surface area contributed by atoms with Crippen LogP contribution in [0.5, 0.6) is 0 Å². The topological polar surface area (TPSA) is 44.1 Å². The molecule has 0 aromatic carbocycles. The molecular formula is C10H13BrN2O2. The minimum atomic E-state index is -0.328. The van der Waals surface area contributed by atoms with Crippen molar-refractivity contribution in [2.45, 2.75) is 31.1 Å². The number of hydrogen-bond donors (Lipinski definition) is 0. The first-order valence-corrected chi connectivity index (χ1v) is 5.99. The molecule has 4 nitrogen and oxygen atoms in total. The smallest absolute Gasteiger partial charge is 0.358 e. The Morgan fingerprint density at radius 1 is 1.80 bits per heavy atom. The Labute approximate surface area is 96.8 Å². The summed E-state index contributed by atoms with van der Waals surface area (Å²) in [5.41, 5.74) is 0.424. The van der Waals surface area contributed by atoms with Gasteiger partial charge in [-0.3, -0.25) is 0 Å². The van der Waals surface area contributed by atoms with Crippen molar-refractivity contribution >= 4 is 21.9 Å². The van der Waals surface area contributed by atoms with Crippen molar-refractivity contribution < 1.29 is 9.53 Å². The van der Waals surface area contributed by atoms with E-state index in [1.807, 2.05) is 4.57 Å². The molecule has 2 heterocycles. The molecule has 0 amide bonds. The van der Waals surface area contributed by atoms with Gasteiger partial charge in [-0.25, -0.2) is 9.78 Å². The van der Waals surface area contributed by atoms with Crippen molar-refractivity contribution in [3.8, 4) is 0 Å². The Morgan fingerprint density at radius 3 is 3.33 bits per heavy atom. The highest BCUT2D eigenvalue weighted by Crippen LogP contribution is 2.20. The number of fused-ring (bicyclic) bond motifs is 1. The van der Waals surface area contributed by atoms with Gasteiger partial charge in [0, 0.05) is 24.0 Å². The predicted octanol–water partition coefficient (Wildman–Crippen LogP) is 1.77. The summed E-state index contributed by atoms with van der Waals surface area (Å²) < 4.78 is 6.93. The van der Waals surface area contributed by atoms with E-state index in [4.69, 9.17) is 4.74 Å². The molecular weight excluding hydrogens is 260 g/mol. The lowest BCUT2D eigenvalue weighted by atomic mass is 10.2. The first-order valence-electron chi connectivity index (χ1n) is 5.08. The van der Waals surface area contributed by atoms with Gasteiger partial charge in [-0.05, 0) is 13.3 Å². The highest BCUT2D eigenvalue weighted by atomic mass is 79.9. The molecule has 5 heteroatoms. The number of hydrogen-bond acceptors (Lipinski definition) is 3. The van der Waals surface area contributed by atoms with Crippen molar-refractivity contribution in [3.05, 3.63) is 17.7 Å². The molecule has 1 atom stereocenters. The van der Waals surface area contributed by atoms with Crippen molar-refractivity contribution in [1.82, 2.24) is 9.55 Å². The largest absolute Gasteiger partial charge is 0.461 e. The van der Waals surface area contributed by atoms with Crippen LogP contribution < -0.4 is 0 Å². The average Bonchev–Trinajstić information content (AvgIpc) is 2.60. The summed E-state index contributed by atoms with van der Waals surface area (Å²) in [7, 11) is 0. The molecule has 0 N–H and O–H groups in total. The Bertz CT molecular complexity index is 375. The number of ether oxygens (including phenoxy) is 1. The summed E-state index contributed by atoms with van der Waals surface area (Å²) in [4.78, 5) is 16.2. The van der Waals surface area contributed by atoms with Crippen LogP contribution in [0.15, 0.2) is 6.20 Å². The Balaban J connectivity index is 2.19. The van der Waals surface area contributed by atoms with Gasteiger partial charge in [-0.1, -0.05) is 15.9 Å². The molecule has 0 saturated carbocycles. The Hall–Kier alpha value is -0.840. The van der Waals surface area contributed by atoms with Gasteiger partial charge in [-0.2, -0.15) is 0 Å². The first kappa shape index (κ1) is 10.7. The highest BCUT2D eigenvalue weighted by Gasteiger charge is 2.20. The number of carbonyl (C=O) groups excluding carboxylic acids is 1. The highest BCUT2D eigenvalue weighted by molar-refractivity contribution is 9.09. The summed E-state index contributed by atoms with van der Waals surface area (Å²) in [6.45, 7) is 3.06. The summed E-state index contributed by atoms with van der Waals surface area (Å²) >= 11 is 3.57. The molecule has 0 saturated heterocycles. The van der Waals surface area contributed by atoms with E-state index in [1.54, 1.807) is 13.1 Å². The third-order valence-corrected chi connectivity index (χ3v) is 3.17. The lowest BCUT2D eigenvalue weighted by molar-refractivity contribution is 0.0520. The van der Waals surface area contributed by atoms with Crippen LogP contribution in [0, 0.1) is 0 Å². The second kappa shape index (κ2) is 4.35. The fourth-order valence-corrected chi connectivity index (χ4v) is 2.25. The van der Waals surface area contributed by atoms with Gasteiger partial charge >= 0.3 is 5.97 Å². The zero-order valence-electron chi connectivity index (χ0n) is 8.57. The van der Waals surface area contributed by atoms with E-state index in [-0.39, 0.29) is 5.97 Å². The van der Waals surface area contributed by atoms with Gasteiger partial charge in [0.2, 0.25) is 0 Å². The third-order valence-electron chi connectivity index (χ3n) is 2.42. The molecule has 0 fully saturated rings. The van der Waals surface area contributed by atoms with E-state index in [2.05, 4.69) is 20.9 Å². The fourth-order valence-electron chi connectivity index (χ4n) is 1.71. The SMILES string of the molecule is CCOC(=O)c1cn2c(n1)CC[C@H](Br)C2. The van der Waals surface area contributed by atoms with E-state index >= 15 is 0 Å². The summed E-state index contributed by atoms with van der Waals surface area (Å²) in [5, 5.41) is 0. The molecule has 0 aliphatic carbocycles. The standard InChI is InChI=1S/C10H13BrN2O2/c1-2-15-10(14)8-6-13-5-7(11)3-4-9(13)12-8/h6-7H,2-5H2,1H3/t7-/m0/s1. The maximum atomic E-state index is 11.4.